The van der Waals surface area contributed by atoms with Gasteiger partial charge in [-0.05, 0) is 30.7 Å². The van der Waals surface area contributed by atoms with E-state index in [1.807, 2.05) is 18.5 Å². The number of benzene rings is 1. The molecule has 1 fully saturated rings. The SMILES string of the molecule is CCn1ccnc1CC(O)C1CC1c1ccccc1. The highest BCUT2D eigenvalue weighted by Gasteiger charge is 2.43. The molecule has 3 nitrogen and oxygen atoms in total. The number of aliphatic hydroxyl groups is 1. The van der Waals surface area contributed by atoms with Crippen LogP contribution in [0.25, 0.3) is 0 Å². The smallest absolute Gasteiger partial charge is 0.111 e. The van der Waals surface area contributed by atoms with Gasteiger partial charge in [0.1, 0.15) is 5.82 Å². The average Bonchev–Trinajstić information content (AvgIpc) is 3.14. The number of hydrogen-bond acceptors (Lipinski definition) is 2. The second-order valence-electron chi connectivity index (χ2n) is 5.32. The number of aromatic nitrogens is 2. The van der Waals surface area contributed by atoms with Gasteiger partial charge in [0.05, 0.1) is 6.10 Å². The van der Waals surface area contributed by atoms with Crippen molar-refractivity contribution in [2.45, 2.75) is 38.3 Å². The fraction of sp³-hybridized carbons (Fsp3) is 0.438. The molecule has 3 rings (SSSR count). The number of rotatable bonds is 5. The van der Waals surface area contributed by atoms with Gasteiger partial charge in [-0.3, -0.25) is 0 Å². The summed E-state index contributed by atoms with van der Waals surface area (Å²) in [5.41, 5.74) is 1.35. The number of hydrogen-bond donors (Lipinski definition) is 1. The van der Waals surface area contributed by atoms with E-state index in [0.29, 0.717) is 18.3 Å². The standard InChI is InChI=1S/C16H20N2O/c1-2-18-9-8-17-16(18)11-15(19)14-10-13(14)12-6-4-3-5-7-12/h3-9,13-15,19H,2,10-11H2,1H3. The van der Waals surface area contributed by atoms with Crippen molar-refractivity contribution in [1.29, 1.82) is 0 Å². The summed E-state index contributed by atoms with van der Waals surface area (Å²) >= 11 is 0. The Bertz CT molecular complexity index is 535. The number of aliphatic hydroxyl groups excluding tert-OH is 1. The highest BCUT2D eigenvalue weighted by atomic mass is 16.3. The van der Waals surface area contributed by atoms with Crippen LogP contribution in [0.15, 0.2) is 42.7 Å². The lowest BCUT2D eigenvalue weighted by atomic mass is 10.0. The molecule has 1 aliphatic rings. The molecule has 0 radical (unpaired) electrons. The number of aryl methyl sites for hydroxylation is 1. The fourth-order valence-electron chi connectivity index (χ4n) is 2.88. The molecule has 3 heteroatoms. The first kappa shape index (κ1) is 12.4. The maximum Gasteiger partial charge on any atom is 0.111 e. The first-order valence-corrected chi connectivity index (χ1v) is 7.02. The second kappa shape index (κ2) is 5.17. The summed E-state index contributed by atoms with van der Waals surface area (Å²) in [6, 6.07) is 10.5. The van der Waals surface area contributed by atoms with Crippen molar-refractivity contribution in [3.8, 4) is 0 Å². The molecule has 2 aromatic rings. The molecule has 1 heterocycles. The van der Waals surface area contributed by atoms with E-state index < -0.39 is 0 Å². The lowest BCUT2D eigenvalue weighted by molar-refractivity contribution is 0.146. The van der Waals surface area contributed by atoms with E-state index >= 15 is 0 Å². The summed E-state index contributed by atoms with van der Waals surface area (Å²) in [6.07, 6.45) is 5.27. The van der Waals surface area contributed by atoms with Crippen molar-refractivity contribution >= 4 is 0 Å². The molecule has 1 N–H and O–H groups in total. The first-order chi connectivity index (χ1) is 9.29. The minimum atomic E-state index is -0.280. The van der Waals surface area contributed by atoms with Gasteiger partial charge in [0, 0.05) is 25.4 Å². The summed E-state index contributed by atoms with van der Waals surface area (Å²) in [5.74, 6) is 1.92. The maximum absolute atomic E-state index is 10.4. The molecule has 19 heavy (non-hydrogen) atoms. The summed E-state index contributed by atoms with van der Waals surface area (Å²) in [4.78, 5) is 4.34. The topological polar surface area (TPSA) is 38.0 Å². The van der Waals surface area contributed by atoms with E-state index in [9.17, 15) is 5.11 Å². The molecule has 1 aliphatic carbocycles. The predicted molar refractivity (Wildman–Crippen MR) is 74.9 cm³/mol. The van der Waals surface area contributed by atoms with Crippen LogP contribution in [0.4, 0.5) is 0 Å². The fourth-order valence-corrected chi connectivity index (χ4v) is 2.88. The molecule has 1 aromatic heterocycles. The van der Waals surface area contributed by atoms with Crippen LogP contribution in [-0.2, 0) is 13.0 Å². The van der Waals surface area contributed by atoms with Crippen LogP contribution in [0.2, 0.25) is 0 Å². The average molecular weight is 256 g/mol. The molecule has 0 bridgehead atoms. The zero-order valence-electron chi connectivity index (χ0n) is 11.2. The zero-order valence-corrected chi connectivity index (χ0v) is 11.2. The van der Waals surface area contributed by atoms with Crippen molar-refractivity contribution in [2.75, 3.05) is 0 Å². The molecule has 0 amide bonds. The monoisotopic (exact) mass is 256 g/mol. The van der Waals surface area contributed by atoms with E-state index in [1.165, 1.54) is 5.56 Å². The molecule has 100 valence electrons. The Labute approximate surface area is 113 Å². The zero-order chi connectivity index (χ0) is 13.2. The molecule has 0 saturated heterocycles. The molecule has 0 aliphatic heterocycles. The summed E-state index contributed by atoms with van der Waals surface area (Å²) in [5, 5.41) is 10.4. The van der Waals surface area contributed by atoms with E-state index in [2.05, 4.69) is 40.7 Å². The van der Waals surface area contributed by atoms with Gasteiger partial charge in [-0.1, -0.05) is 30.3 Å². The minimum Gasteiger partial charge on any atom is -0.392 e. The number of nitrogens with zero attached hydrogens (tertiary/aromatic N) is 2. The van der Waals surface area contributed by atoms with Crippen LogP contribution < -0.4 is 0 Å². The van der Waals surface area contributed by atoms with Crippen LogP contribution in [0.5, 0.6) is 0 Å². The van der Waals surface area contributed by atoms with Crippen molar-refractivity contribution in [3.05, 3.63) is 54.1 Å². The van der Waals surface area contributed by atoms with Gasteiger partial charge in [0.15, 0.2) is 0 Å². The van der Waals surface area contributed by atoms with Crippen LogP contribution >= 0.6 is 0 Å². The molecule has 1 saturated carbocycles. The highest BCUT2D eigenvalue weighted by molar-refractivity contribution is 5.26. The van der Waals surface area contributed by atoms with Crippen molar-refractivity contribution in [2.24, 2.45) is 5.92 Å². The van der Waals surface area contributed by atoms with Gasteiger partial charge >= 0.3 is 0 Å². The van der Waals surface area contributed by atoms with Crippen LogP contribution in [-0.4, -0.2) is 20.8 Å². The molecule has 1 aromatic carbocycles. The van der Waals surface area contributed by atoms with Gasteiger partial charge in [0.25, 0.3) is 0 Å². The minimum absolute atomic E-state index is 0.280. The lowest BCUT2D eigenvalue weighted by Gasteiger charge is -2.11. The van der Waals surface area contributed by atoms with E-state index in [0.717, 1.165) is 18.8 Å². The Hall–Kier alpha value is -1.61. The molecule has 3 atom stereocenters. The van der Waals surface area contributed by atoms with Gasteiger partial charge in [-0.2, -0.15) is 0 Å². The normalized spacial score (nSPS) is 23.3. The van der Waals surface area contributed by atoms with Crippen molar-refractivity contribution in [3.63, 3.8) is 0 Å². The number of imidazole rings is 1. The quantitative estimate of drug-likeness (QED) is 0.893. The lowest BCUT2D eigenvalue weighted by Crippen LogP contribution is -2.17. The third kappa shape index (κ3) is 2.56. The van der Waals surface area contributed by atoms with E-state index in [1.54, 1.807) is 0 Å². The predicted octanol–water partition coefficient (Wildman–Crippen LogP) is 2.61. The van der Waals surface area contributed by atoms with E-state index in [4.69, 9.17) is 0 Å². The van der Waals surface area contributed by atoms with Gasteiger partial charge in [-0.25, -0.2) is 4.98 Å². The Kier molecular flexibility index (Phi) is 3.38. The van der Waals surface area contributed by atoms with Gasteiger partial charge in [-0.15, -0.1) is 0 Å². The Balaban J connectivity index is 1.63. The van der Waals surface area contributed by atoms with Gasteiger partial charge in [0.2, 0.25) is 0 Å². The Morgan fingerprint density at radius 1 is 1.37 bits per heavy atom. The summed E-state index contributed by atoms with van der Waals surface area (Å²) < 4.78 is 2.10. The van der Waals surface area contributed by atoms with Crippen LogP contribution in [0, 0.1) is 5.92 Å². The third-order valence-corrected chi connectivity index (χ3v) is 4.10. The third-order valence-electron chi connectivity index (χ3n) is 4.10. The molecular weight excluding hydrogens is 236 g/mol. The van der Waals surface area contributed by atoms with Crippen LogP contribution in [0.1, 0.15) is 30.7 Å². The van der Waals surface area contributed by atoms with Crippen molar-refractivity contribution < 1.29 is 5.11 Å². The van der Waals surface area contributed by atoms with E-state index in [-0.39, 0.29) is 6.10 Å². The largest absolute Gasteiger partial charge is 0.392 e. The molecule has 3 unspecified atom stereocenters. The van der Waals surface area contributed by atoms with Gasteiger partial charge < -0.3 is 9.67 Å². The molecular formula is C16H20N2O. The Morgan fingerprint density at radius 2 is 2.16 bits per heavy atom. The Morgan fingerprint density at radius 3 is 2.89 bits per heavy atom. The molecule has 0 spiro atoms. The second-order valence-corrected chi connectivity index (χ2v) is 5.32. The highest BCUT2D eigenvalue weighted by Crippen LogP contribution is 2.49. The summed E-state index contributed by atoms with van der Waals surface area (Å²) in [6.45, 7) is 3.01. The first-order valence-electron chi connectivity index (χ1n) is 7.02. The maximum atomic E-state index is 10.4. The van der Waals surface area contributed by atoms with Crippen LogP contribution in [0.3, 0.4) is 0 Å². The summed E-state index contributed by atoms with van der Waals surface area (Å²) in [7, 11) is 0. The van der Waals surface area contributed by atoms with Crippen molar-refractivity contribution in [1.82, 2.24) is 9.55 Å².